The number of aryl methyl sites for hydroxylation is 3. The minimum atomic E-state index is -1.09. The third-order valence-electron chi connectivity index (χ3n) is 6.90. The van der Waals surface area contributed by atoms with Gasteiger partial charge in [0.05, 0.1) is 16.7 Å². The summed E-state index contributed by atoms with van der Waals surface area (Å²) in [6.45, 7) is 3.16. The van der Waals surface area contributed by atoms with Crippen LogP contribution >= 0.6 is 11.6 Å². The quantitative estimate of drug-likeness (QED) is 0.426. The van der Waals surface area contributed by atoms with Crippen molar-refractivity contribution in [3.05, 3.63) is 51.9 Å². The van der Waals surface area contributed by atoms with Gasteiger partial charge in [0.25, 0.3) is 5.91 Å². The fourth-order valence-corrected chi connectivity index (χ4v) is 5.01. The molecule has 8 nitrogen and oxygen atoms in total. The van der Waals surface area contributed by atoms with Gasteiger partial charge in [0.2, 0.25) is 0 Å². The SMILES string of the molecule is CCc1cncc(Cl)c1C(=O)N[C@@H](CCO[C@H]1C[C@@H](CCc2ccc3c(n2)NCCC3)C1)C(=O)O. The van der Waals surface area contributed by atoms with E-state index in [0.29, 0.717) is 17.9 Å². The van der Waals surface area contributed by atoms with E-state index in [1.54, 1.807) is 6.20 Å². The van der Waals surface area contributed by atoms with Crippen molar-refractivity contribution >= 4 is 29.3 Å². The van der Waals surface area contributed by atoms with Crippen LogP contribution in [0.1, 0.15) is 66.2 Å². The smallest absolute Gasteiger partial charge is 0.326 e. The lowest BCUT2D eigenvalue weighted by Crippen LogP contribution is -2.42. The second-order valence-electron chi connectivity index (χ2n) is 9.37. The molecule has 1 atom stereocenters. The molecule has 2 aliphatic rings. The number of anilines is 1. The van der Waals surface area contributed by atoms with Crippen LogP contribution in [0.3, 0.4) is 0 Å². The van der Waals surface area contributed by atoms with Crippen molar-refractivity contribution in [3.63, 3.8) is 0 Å². The first-order chi connectivity index (χ1) is 16.9. The number of aliphatic carboxylic acids is 1. The number of carboxylic acids is 1. The zero-order chi connectivity index (χ0) is 24.8. The Balaban J connectivity index is 1.18. The van der Waals surface area contributed by atoms with Gasteiger partial charge >= 0.3 is 5.97 Å². The van der Waals surface area contributed by atoms with Gasteiger partial charge in [0.15, 0.2) is 0 Å². The molecule has 1 amide bonds. The van der Waals surface area contributed by atoms with Crippen molar-refractivity contribution in [2.75, 3.05) is 18.5 Å². The minimum absolute atomic E-state index is 0.143. The number of carboxylic acid groups (broad SMARTS) is 1. The molecule has 0 aromatic carbocycles. The summed E-state index contributed by atoms with van der Waals surface area (Å²) in [6, 6.07) is 3.29. The fraction of sp³-hybridized carbons (Fsp3) is 0.538. The number of halogens is 1. The van der Waals surface area contributed by atoms with Gasteiger partial charge in [-0.15, -0.1) is 0 Å². The van der Waals surface area contributed by atoms with Crippen LogP contribution in [0.4, 0.5) is 5.82 Å². The van der Waals surface area contributed by atoms with Crippen LogP contribution in [0.25, 0.3) is 0 Å². The predicted molar refractivity (Wildman–Crippen MR) is 134 cm³/mol. The average Bonchev–Trinajstić information content (AvgIpc) is 2.83. The van der Waals surface area contributed by atoms with Gasteiger partial charge in [-0.1, -0.05) is 24.6 Å². The van der Waals surface area contributed by atoms with Crippen molar-refractivity contribution < 1.29 is 19.4 Å². The third kappa shape index (κ3) is 6.49. The number of nitrogens with one attached hydrogen (secondary N) is 2. The number of rotatable bonds is 11. The van der Waals surface area contributed by atoms with E-state index in [2.05, 4.69) is 27.8 Å². The molecule has 2 aromatic heterocycles. The van der Waals surface area contributed by atoms with Crippen molar-refractivity contribution in [2.24, 2.45) is 5.92 Å². The van der Waals surface area contributed by atoms with Crippen LogP contribution in [-0.4, -0.2) is 52.2 Å². The maximum atomic E-state index is 12.7. The summed E-state index contributed by atoms with van der Waals surface area (Å²) in [6.07, 6.45) is 10.1. The first-order valence-corrected chi connectivity index (χ1v) is 12.8. The molecule has 0 spiro atoms. The number of nitrogens with zero attached hydrogens (tertiary/aromatic N) is 2. The van der Waals surface area contributed by atoms with Gasteiger partial charge in [0.1, 0.15) is 11.9 Å². The van der Waals surface area contributed by atoms with Crippen molar-refractivity contribution in [3.8, 4) is 0 Å². The monoisotopic (exact) mass is 500 g/mol. The highest BCUT2D eigenvalue weighted by Crippen LogP contribution is 2.34. The van der Waals surface area contributed by atoms with Gasteiger partial charge in [-0.05, 0) is 68.1 Å². The molecule has 3 heterocycles. The Morgan fingerprint density at radius 3 is 2.91 bits per heavy atom. The lowest BCUT2D eigenvalue weighted by Gasteiger charge is -2.35. The maximum Gasteiger partial charge on any atom is 0.326 e. The van der Waals surface area contributed by atoms with E-state index >= 15 is 0 Å². The summed E-state index contributed by atoms with van der Waals surface area (Å²) in [5.74, 6) is 0.0443. The normalized spacial score (nSPS) is 19.7. The van der Waals surface area contributed by atoms with Crippen LogP contribution < -0.4 is 10.6 Å². The number of aromatic nitrogens is 2. The topological polar surface area (TPSA) is 113 Å². The lowest BCUT2D eigenvalue weighted by molar-refractivity contribution is -0.140. The van der Waals surface area contributed by atoms with E-state index in [1.165, 1.54) is 11.8 Å². The maximum absolute atomic E-state index is 12.7. The molecule has 1 saturated carbocycles. The molecule has 0 radical (unpaired) electrons. The van der Waals surface area contributed by atoms with E-state index in [1.807, 2.05) is 6.92 Å². The van der Waals surface area contributed by atoms with Crippen LogP contribution in [0, 0.1) is 5.92 Å². The van der Waals surface area contributed by atoms with Crippen LogP contribution in [0.15, 0.2) is 24.5 Å². The number of amides is 1. The number of ether oxygens (including phenoxy) is 1. The first-order valence-electron chi connectivity index (χ1n) is 12.4. The molecule has 0 unspecified atom stereocenters. The molecule has 35 heavy (non-hydrogen) atoms. The fourth-order valence-electron chi connectivity index (χ4n) is 4.74. The molecule has 2 aromatic rings. The number of pyridine rings is 2. The Hall–Kier alpha value is -2.71. The molecule has 0 saturated heterocycles. The average molecular weight is 501 g/mol. The zero-order valence-corrected chi connectivity index (χ0v) is 20.8. The number of hydrogen-bond acceptors (Lipinski definition) is 6. The molecule has 4 rings (SSSR count). The van der Waals surface area contributed by atoms with E-state index in [-0.39, 0.29) is 29.7 Å². The molecular formula is C26H33ClN4O4. The van der Waals surface area contributed by atoms with Crippen LogP contribution in [0.2, 0.25) is 5.02 Å². The summed E-state index contributed by atoms with van der Waals surface area (Å²) in [5, 5.41) is 15.8. The Kier molecular flexibility index (Phi) is 8.57. The predicted octanol–water partition coefficient (Wildman–Crippen LogP) is 4.05. The second kappa shape index (κ2) is 11.8. The third-order valence-corrected chi connectivity index (χ3v) is 7.19. The van der Waals surface area contributed by atoms with Crippen LogP contribution in [0.5, 0.6) is 0 Å². The van der Waals surface area contributed by atoms with Crippen molar-refractivity contribution in [1.82, 2.24) is 15.3 Å². The molecule has 0 bridgehead atoms. The van der Waals surface area contributed by atoms with E-state index in [4.69, 9.17) is 21.3 Å². The highest BCUT2D eigenvalue weighted by Gasteiger charge is 2.30. The highest BCUT2D eigenvalue weighted by molar-refractivity contribution is 6.34. The highest BCUT2D eigenvalue weighted by atomic mass is 35.5. The van der Waals surface area contributed by atoms with E-state index in [9.17, 15) is 14.7 Å². The van der Waals surface area contributed by atoms with Gasteiger partial charge in [-0.2, -0.15) is 0 Å². The molecule has 188 valence electrons. The summed E-state index contributed by atoms with van der Waals surface area (Å²) in [7, 11) is 0. The molecule has 9 heteroatoms. The van der Waals surface area contributed by atoms with Crippen LogP contribution in [-0.2, 0) is 28.8 Å². The zero-order valence-electron chi connectivity index (χ0n) is 20.1. The second-order valence-corrected chi connectivity index (χ2v) is 9.78. The summed E-state index contributed by atoms with van der Waals surface area (Å²) >= 11 is 6.15. The first kappa shape index (κ1) is 25.4. The van der Waals surface area contributed by atoms with Crippen molar-refractivity contribution in [2.45, 2.75) is 70.4 Å². The lowest BCUT2D eigenvalue weighted by atomic mass is 9.79. The van der Waals surface area contributed by atoms with Gasteiger partial charge < -0.3 is 20.5 Å². The van der Waals surface area contributed by atoms with Gasteiger partial charge in [-0.25, -0.2) is 9.78 Å². The number of carbonyl (C=O) groups excluding carboxylic acids is 1. The molecule has 1 aliphatic heterocycles. The number of carbonyl (C=O) groups is 2. The van der Waals surface area contributed by atoms with E-state index < -0.39 is 17.9 Å². The molecule has 1 fully saturated rings. The molecule has 1 aliphatic carbocycles. The minimum Gasteiger partial charge on any atom is -0.480 e. The molecular weight excluding hydrogens is 468 g/mol. The Bertz CT molecular complexity index is 1060. The number of fused-ring (bicyclic) bond motifs is 1. The largest absolute Gasteiger partial charge is 0.480 e. The molecule has 3 N–H and O–H groups in total. The summed E-state index contributed by atoms with van der Waals surface area (Å²) < 4.78 is 5.89. The standard InChI is InChI=1S/C26H33ClN4O4/c1-2-17-14-28-15-21(27)23(17)25(32)31-22(26(33)34)9-11-35-20-12-16(13-20)5-7-19-8-6-18-4-3-10-29-24(18)30-19/h6,8,14-16,20,22H,2-5,7,9-13H2,1H3,(H,29,30)(H,31,32)(H,33,34)/t16-,20+,22-/m0/s1. The van der Waals surface area contributed by atoms with E-state index in [0.717, 1.165) is 56.6 Å². The Morgan fingerprint density at radius 2 is 2.14 bits per heavy atom. The summed E-state index contributed by atoms with van der Waals surface area (Å²) in [5.41, 5.74) is 3.39. The summed E-state index contributed by atoms with van der Waals surface area (Å²) in [4.78, 5) is 33.2. The van der Waals surface area contributed by atoms with Crippen molar-refractivity contribution in [1.29, 1.82) is 0 Å². The van der Waals surface area contributed by atoms with Gasteiger partial charge in [0, 0.05) is 37.7 Å². The number of hydrogen-bond donors (Lipinski definition) is 3. The Morgan fingerprint density at radius 1 is 1.31 bits per heavy atom. The Labute approximate surface area is 210 Å². The van der Waals surface area contributed by atoms with Gasteiger partial charge in [-0.3, -0.25) is 9.78 Å².